The Morgan fingerprint density at radius 2 is 2.02 bits per heavy atom. The molecule has 0 spiro atoms. The molecule has 8 nitrogen and oxygen atoms in total. The quantitative estimate of drug-likeness (QED) is 0.287. The number of nitrogens with zero attached hydrogens (tertiary/aromatic N) is 2. The van der Waals surface area contributed by atoms with Crippen molar-refractivity contribution in [1.29, 1.82) is 0 Å². The molecule has 2 unspecified atom stereocenters. The summed E-state index contributed by atoms with van der Waals surface area (Å²) in [4.78, 5) is 28.1. The summed E-state index contributed by atoms with van der Waals surface area (Å²) in [6.45, 7) is 5.59. The molecule has 2 amide bonds. The molecule has 1 fully saturated rings. The number of carbonyl (C=O) groups is 2. The van der Waals surface area contributed by atoms with Crippen LogP contribution in [0.4, 0.5) is 5.69 Å². The van der Waals surface area contributed by atoms with E-state index in [1.54, 1.807) is 20.1 Å². The van der Waals surface area contributed by atoms with E-state index in [4.69, 9.17) is 21.1 Å². The minimum atomic E-state index is -2.30. The second kappa shape index (κ2) is 15.6. The van der Waals surface area contributed by atoms with E-state index < -0.39 is 27.8 Å². The molecule has 10 heteroatoms. The number of thiol groups is 1. The third-order valence-electron chi connectivity index (χ3n) is 9.51. The topological polar surface area (TPSA) is 97.3 Å². The zero-order valence-corrected chi connectivity index (χ0v) is 28.2. The van der Waals surface area contributed by atoms with Gasteiger partial charge >= 0.3 is 0 Å². The third-order valence-corrected chi connectivity index (χ3v) is 11.4. The van der Waals surface area contributed by atoms with Crippen LogP contribution in [-0.4, -0.2) is 53.7 Å². The molecule has 2 aliphatic heterocycles. The van der Waals surface area contributed by atoms with Crippen molar-refractivity contribution in [2.45, 2.75) is 89.2 Å². The molecule has 1 N–H and O–H groups in total. The van der Waals surface area contributed by atoms with Crippen molar-refractivity contribution < 1.29 is 23.3 Å². The van der Waals surface area contributed by atoms with Crippen molar-refractivity contribution in [3.8, 4) is 5.75 Å². The number of methoxy groups -OCH3 is 1. The lowest BCUT2D eigenvalue weighted by Gasteiger charge is -2.43. The Morgan fingerprint density at radius 1 is 1.18 bits per heavy atom. The van der Waals surface area contributed by atoms with Gasteiger partial charge < -0.3 is 19.7 Å². The molecule has 2 aromatic carbocycles. The molecule has 5 rings (SSSR count). The first-order valence-corrected chi connectivity index (χ1v) is 17.9. The molecule has 1 aliphatic carbocycles. The number of ether oxygens (including phenoxy) is 2. The molecule has 1 saturated carbocycles. The molecule has 45 heavy (non-hydrogen) atoms. The maximum Gasteiger partial charge on any atom is 0.284 e. The molecular formula is C35H46ClN3O5S. The van der Waals surface area contributed by atoms with Crippen LogP contribution in [0, 0.1) is 11.8 Å². The summed E-state index contributed by atoms with van der Waals surface area (Å²) in [5.41, 5.74) is 3.64. The maximum atomic E-state index is 13.6. The van der Waals surface area contributed by atoms with Gasteiger partial charge in [-0.3, -0.25) is 13.8 Å². The van der Waals surface area contributed by atoms with E-state index in [1.165, 1.54) is 11.1 Å². The number of hydrogen-bond acceptors (Lipinski definition) is 6. The first kappa shape index (κ1) is 33.5. The largest absolute Gasteiger partial charge is 0.491 e. The summed E-state index contributed by atoms with van der Waals surface area (Å²) < 4.78 is 30.2. The van der Waals surface area contributed by atoms with Crippen LogP contribution in [0.1, 0.15) is 80.3 Å². The number of halogens is 1. The average molecular weight is 656 g/mol. The highest BCUT2D eigenvalue weighted by atomic mass is 35.5. The Morgan fingerprint density at radius 3 is 2.78 bits per heavy atom. The summed E-state index contributed by atoms with van der Waals surface area (Å²) in [7, 11) is -0.543. The number of hydrogen-bond donors (Lipinski definition) is 2. The Bertz CT molecular complexity index is 1490. The van der Waals surface area contributed by atoms with Crippen molar-refractivity contribution >= 4 is 39.7 Å². The van der Waals surface area contributed by atoms with Gasteiger partial charge in [0.15, 0.2) is 0 Å². The molecule has 2 aromatic rings. The fourth-order valence-electron chi connectivity index (χ4n) is 6.71. The zero-order valence-electron chi connectivity index (χ0n) is 26.5. The summed E-state index contributed by atoms with van der Waals surface area (Å²) in [5.74, 6) is 0.812. The van der Waals surface area contributed by atoms with E-state index >= 15 is 0 Å². The van der Waals surface area contributed by atoms with Crippen molar-refractivity contribution in [2.75, 3.05) is 25.2 Å². The van der Waals surface area contributed by atoms with E-state index in [0.29, 0.717) is 49.8 Å². The normalized spacial score (nSPS) is 27.6. The second-order valence-corrected chi connectivity index (χ2v) is 14.4. The number of amides is 2. The predicted molar refractivity (Wildman–Crippen MR) is 181 cm³/mol. The number of rotatable bonds is 4. The van der Waals surface area contributed by atoms with Crippen LogP contribution in [0.3, 0.4) is 0 Å². The van der Waals surface area contributed by atoms with Gasteiger partial charge in [0.2, 0.25) is 5.91 Å². The Labute approximate surface area is 274 Å². The van der Waals surface area contributed by atoms with Gasteiger partial charge in [0.1, 0.15) is 5.75 Å². The third kappa shape index (κ3) is 8.29. The minimum Gasteiger partial charge on any atom is -0.491 e. The molecule has 0 aromatic heterocycles. The van der Waals surface area contributed by atoms with E-state index in [9.17, 15) is 13.8 Å². The number of nitrogens with one attached hydrogen (secondary N) is 1. The predicted octanol–water partition coefficient (Wildman–Crippen LogP) is 6.54. The van der Waals surface area contributed by atoms with Crippen LogP contribution < -0.4 is 15.0 Å². The van der Waals surface area contributed by atoms with Crippen molar-refractivity contribution in [2.24, 2.45) is 16.2 Å². The molecule has 0 saturated heterocycles. The van der Waals surface area contributed by atoms with Crippen LogP contribution in [0.15, 0.2) is 52.9 Å². The maximum absolute atomic E-state index is 13.6. The highest BCUT2D eigenvalue weighted by molar-refractivity contribution is 7.76. The average Bonchev–Trinajstić information content (AvgIpc) is 3.04. The highest BCUT2D eigenvalue weighted by Crippen LogP contribution is 2.42. The summed E-state index contributed by atoms with van der Waals surface area (Å²) in [6, 6.07) is 11.1. The monoisotopic (exact) mass is 655 g/mol. The Balaban J connectivity index is 1.59. The van der Waals surface area contributed by atoms with Crippen LogP contribution in [0.5, 0.6) is 5.75 Å². The second-order valence-electron chi connectivity index (χ2n) is 12.5. The van der Waals surface area contributed by atoms with Gasteiger partial charge in [-0.2, -0.15) is 4.36 Å². The summed E-state index contributed by atoms with van der Waals surface area (Å²) in [5, 5.41) is 3.18. The number of benzene rings is 2. The van der Waals surface area contributed by atoms with Crippen molar-refractivity contribution in [1.82, 2.24) is 5.32 Å². The van der Waals surface area contributed by atoms with Gasteiger partial charge in [-0.15, -0.1) is 0 Å². The van der Waals surface area contributed by atoms with Gasteiger partial charge in [-0.1, -0.05) is 36.7 Å². The van der Waals surface area contributed by atoms with Crippen molar-refractivity contribution in [3.05, 3.63) is 70.3 Å². The fourth-order valence-corrected chi connectivity index (χ4v) is 8.17. The van der Waals surface area contributed by atoms with E-state index in [2.05, 4.69) is 38.9 Å². The number of anilines is 1. The molecule has 3 aliphatic rings. The number of carbonyl (C=O) groups excluding carboxylic acids is 2. The lowest BCUT2D eigenvalue weighted by molar-refractivity contribution is -0.121. The van der Waals surface area contributed by atoms with E-state index in [-0.39, 0.29) is 12.0 Å². The smallest absolute Gasteiger partial charge is 0.284 e. The Kier molecular flexibility index (Phi) is 11.6. The van der Waals surface area contributed by atoms with Gasteiger partial charge in [0.25, 0.3) is 5.91 Å². The van der Waals surface area contributed by atoms with Crippen molar-refractivity contribution in [3.63, 3.8) is 0 Å². The lowest BCUT2D eigenvalue weighted by Crippen LogP contribution is -2.43. The van der Waals surface area contributed by atoms with E-state index in [1.807, 2.05) is 25.1 Å². The highest BCUT2D eigenvalue weighted by Gasteiger charge is 2.38. The Hall–Kier alpha value is -2.88. The van der Waals surface area contributed by atoms with Gasteiger partial charge in [-0.25, -0.2) is 0 Å². The molecule has 2 bridgehead atoms. The molecule has 244 valence electrons. The molecule has 2 heterocycles. The van der Waals surface area contributed by atoms with Crippen LogP contribution in [0.2, 0.25) is 5.02 Å². The lowest BCUT2D eigenvalue weighted by atomic mass is 9.70. The molecular weight excluding hydrogens is 610 g/mol. The first-order valence-electron chi connectivity index (χ1n) is 16.3. The standard InChI is InChI=1S/C35H46ClN3O5S/c1-4-34(40)37-23(2)33-11-6-5-10-31(43-3)29-16-13-27(29)22-39-21-26-12-15-28(36)19-24(26)9-7-8-18-44-32-17-14-25(20-30(32)39)35(41)38-45(33)42/h5,10,12,14-15,17,19-20,23,27,29,31,33,45H,4,6-9,11,13,16,18,21-22H2,1-3H3,(H,37,40)/b10-5+/t23?,27-,29+,31-,33-/m0/s1. The molecule has 6 atom stereocenters. The van der Waals surface area contributed by atoms with Crippen LogP contribution in [0.25, 0.3) is 0 Å². The van der Waals surface area contributed by atoms with Gasteiger partial charge in [0.05, 0.1) is 23.6 Å². The fraction of sp³-hybridized carbons (Fsp3) is 0.543. The van der Waals surface area contributed by atoms with E-state index in [0.717, 1.165) is 55.1 Å². The van der Waals surface area contributed by atoms with Crippen LogP contribution >= 0.6 is 11.6 Å². The van der Waals surface area contributed by atoms with Gasteiger partial charge in [-0.05, 0) is 105 Å². The first-order chi connectivity index (χ1) is 21.8. The number of fused-ring (bicyclic) bond motifs is 3. The summed E-state index contributed by atoms with van der Waals surface area (Å²) >= 11 is 6.43. The molecule has 0 radical (unpaired) electrons. The summed E-state index contributed by atoms with van der Waals surface area (Å²) in [6.07, 6.45) is 10.6. The number of allylic oxidation sites excluding steroid dienone is 1. The SMILES string of the molecule is CCC(=O)NC(C)[C@@H]1CC/C=C/[C@H](OC)[C@@H]2CC[C@H]2CN2Cc3ccc(Cl)cc3CCCCOc3ccc(cc32)C(=O)/N=[SH]\1=O. The van der Waals surface area contributed by atoms with Crippen LogP contribution in [-0.2, 0) is 33.1 Å². The van der Waals surface area contributed by atoms with Gasteiger partial charge in [0, 0.05) is 53.8 Å². The number of aryl methyl sites for hydroxylation is 1. The zero-order chi connectivity index (χ0) is 31.9. The minimum absolute atomic E-state index is 0.0376.